The summed E-state index contributed by atoms with van der Waals surface area (Å²) in [4.78, 5) is 4.11. The van der Waals surface area contributed by atoms with E-state index in [2.05, 4.69) is 10.1 Å². The topological polar surface area (TPSA) is 30.2 Å². The third-order valence-corrected chi connectivity index (χ3v) is 4.35. The van der Waals surface area contributed by atoms with Crippen LogP contribution in [0.4, 0.5) is 4.39 Å². The summed E-state index contributed by atoms with van der Waals surface area (Å²) in [5.74, 6) is 0.178. The average Bonchev–Trinajstić information content (AvgIpc) is 3.18. The third-order valence-electron chi connectivity index (χ3n) is 3.91. The highest BCUT2D eigenvalue weighted by molar-refractivity contribution is 6.30. The number of benzene rings is 1. The molecule has 2 heterocycles. The SMILES string of the molecule is Fc1cnc2c([C@H]3CC3c3ccc(Cl)cc3)cc(Cl)nn12. The maximum absolute atomic E-state index is 13.6. The number of fused-ring (bicyclic) bond motifs is 1. The van der Waals surface area contributed by atoms with Gasteiger partial charge in [0.1, 0.15) is 0 Å². The fourth-order valence-corrected chi connectivity index (χ4v) is 3.14. The Labute approximate surface area is 130 Å². The fraction of sp³-hybridized carbons (Fsp3) is 0.200. The summed E-state index contributed by atoms with van der Waals surface area (Å²) in [6.45, 7) is 0. The second kappa shape index (κ2) is 4.68. The second-order valence-electron chi connectivity index (χ2n) is 5.24. The molecule has 2 aromatic heterocycles. The number of hydrogen-bond donors (Lipinski definition) is 0. The van der Waals surface area contributed by atoms with Crippen LogP contribution in [-0.4, -0.2) is 14.6 Å². The molecule has 21 heavy (non-hydrogen) atoms. The molecule has 1 saturated carbocycles. The van der Waals surface area contributed by atoms with E-state index in [0.717, 1.165) is 21.5 Å². The number of rotatable bonds is 2. The lowest BCUT2D eigenvalue weighted by atomic mass is 10.1. The molecule has 0 bridgehead atoms. The van der Waals surface area contributed by atoms with E-state index in [4.69, 9.17) is 23.2 Å². The highest BCUT2D eigenvalue weighted by atomic mass is 35.5. The van der Waals surface area contributed by atoms with Crippen molar-refractivity contribution >= 4 is 28.8 Å². The maximum Gasteiger partial charge on any atom is 0.234 e. The molecule has 3 nitrogen and oxygen atoms in total. The molecule has 2 atom stereocenters. The Bertz CT molecular complexity index is 829. The lowest BCUT2D eigenvalue weighted by molar-refractivity contribution is 0.548. The molecule has 0 aliphatic heterocycles. The Morgan fingerprint density at radius 3 is 2.67 bits per heavy atom. The maximum atomic E-state index is 13.6. The molecular formula is C15H10Cl2FN3. The van der Waals surface area contributed by atoms with Crippen LogP contribution in [0.5, 0.6) is 0 Å². The normalized spacial score (nSPS) is 20.9. The van der Waals surface area contributed by atoms with Crippen molar-refractivity contribution < 1.29 is 4.39 Å². The van der Waals surface area contributed by atoms with Gasteiger partial charge in [-0.1, -0.05) is 35.3 Å². The molecule has 1 aliphatic carbocycles. The molecule has 0 radical (unpaired) electrons. The van der Waals surface area contributed by atoms with Crippen molar-refractivity contribution in [1.29, 1.82) is 0 Å². The summed E-state index contributed by atoms with van der Waals surface area (Å²) in [5, 5.41) is 4.94. The third kappa shape index (κ3) is 2.19. The standard InChI is InChI=1S/C15H10Cl2FN3/c16-9-3-1-8(2-4-9)10-5-11(10)12-6-13(17)20-21-14(18)7-19-15(12)21/h1-4,6-7,10-11H,5H2/t10?,11-/m0/s1. The first-order valence-corrected chi connectivity index (χ1v) is 7.34. The molecule has 1 unspecified atom stereocenters. The summed E-state index contributed by atoms with van der Waals surface area (Å²) in [7, 11) is 0. The Morgan fingerprint density at radius 2 is 1.90 bits per heavy atom. The van der Waals surface area contributed by atoms with E-state index in [-0.39, 0.29) is 11.1 Å². The van der Waals surface area contributed by atoms with Gasteiger partial charge in [0.2, 0.25) is 5.95 Å². The smallest absolute Gasteiger partial charge is 0.232 e. The van der Waals surface area contributed by atoms with Crippen LogP contribution in [-0.2, 0) is 0 Å². The predicted octanol–water partition coefficient (Wildman–Crippen LogP) is 4.45. The molecule has 6 heteroatoms. The number of halogens is 3. The molecule has 1 aromatic carbocycles. The van der Waals surface area contributed by atoms with Crippen molar-refractivity contribution in [2.75, 3.05) is 0 Å². The Kier molecular flexibility index (Phi) is 2.91. The Balaban J connectivity index is 1.74. The Hall–Kier alpha value is -1.65. The van der Waals surface area contributed by atoms with E-state index in [1.54, 1.807) is 6.07 Å². The molecule has 1 fully saturated rings. The molecule has 106 valence electrons. The first-order valence-electron chi connectivity index (χ1n) is 6.58. The van der Waals surface area contributed by atoms with Gasteiger partial charge < -0.3 is 0 Å². The molecule has 0 saturated heterocycles. The van der Waals surface area contributed by atoms with Gasteiger partial charge in [-0.15, -0.1) is 0 Å². The van der Waals surface area contributed by atoms with Gasteiger partial charge in [-0.05, 0) is 42.0 Å². The van der Waals surface area contributed by atoms with Gasteiger partial charge in [0, 0.05) is 10.6 Å². The van der Waals surface area contributed by atoms with E-state index in [1.807, 2.05) is 24.3 Å². The molecule has 1 aliphatic rings. The molecule has 0 N–H and O–H groups in total. The molecule has 3 aromatic rings. The number of imidazole rings is 1. The van der Waals surface area contributed by atoms with Gasteiger partial charge >= 0.3 is 0 Å². The van der Waals surface area contributed by atoms with Gasteiger partial charge in [-0.3, -0.25) is 0 Å². The lowest BCUT2D eigenvalue weighted by Gasteiger charge is -2.04. The van der Waals surface area contributed by atoms with Gasteiger partial charge in [0.05, 0.1) is 6.20 Å². The van der Waals surface area contributed by atoms with Crippen molar-refractivity contribution in [1.82, 2.24) is 14.6 Å². The fourth-order valence-electron chi connectivity index (χ4n) is 2.82. The average molecular weight is 322 g/mol. The molecule has 4 rings (SSSR count). The molecule has 0 amide bonds. The van der Waals surface area contributed by atoms with E-state index in [9.17, 15) is 4.39 Å². The number of aromatic nitrogens is 3. The van der Waals surface area contributed by atoms with Gasteiger partial charge in [0.25, 0.3) is 0 Å². The highest BCUT2D eigenvalue weighted by Gasteiger charge is 2.41. The van der Waals surface area contributed by atoms with Gasteiger partial charge in [-0.25, -0.2) is 4.98 Å². The summed E-state index contributed by atoms with van der Waals surface area (Å²) < 4.78 is 14.8. The minimum absolute atomic E-state index is 0.274. The molecule has 0 spiro atoms. The minimum Gasteiger partial charge on any atom is -0.232 e. The van der Waals surface area contributed by atoms with Crippen molar-refractivity contribution in [3.8, 4) is 0 Å². The monoisotopic (exact) mass is 321 g/mol. The quantitative estimate of drug-likeness (QED) is 0.698. The highest BCUT2D eigenvalue weighted by Crippen LogP contribution is 2.55. The first kappa shape index (κ1) is 13.0. The van der Waals surface area contributed by atoms with Crippen LogP contribution in [0.1, 0.15) is 29.4 Å². The van der Waals surface area contributed by atoms with E-state index in [0.29, 0.717) is 11.6 Å². The zero-order valence-electron chi connectivity index (χ0n) is 10.8. The van der Waals surface area contributed by atoms with E-state index < -0.39 is 5.95 Å². The zero-order valence-corrected chi connectivity index (χ0v) is 12.3. The predicted molar refractivity (Wildman–Crippen MR) is 79.5 cm³/mol. The summed E-state index contributed by atoms with van der Waals surface area (Å²) in [5.41, 5.74) is 2.71. The first-order chi connectivity index (χ1) is 10.1. The molecular weight excluding hydrogens is 312 g/mol. The van der Waals surface area contributed by atoms with Crippen LogP contribution >= 0.6 is 23.2 Å². The summed E-state index contributed by atoms with van der Waals surface area (Å²) in [6, 6.07) is 9.61. The van der Waals surface area contributed by atoms with Crippen LogP contribution in [0.2, 0.25) is 10.2 Å². The van der Waals surface area contributed by atoms with Crippen LogP contribution in [0.25, 0.3) is 5.65 Å². The number of nitrogens with zero attached hydrogens (tertiary/aromatic N) is 3. The van der Waals surface area contributed by atoms with Crippen molar-refractivity contribution in [3.05, 3.63) is 63.8 Å². The largest absolute Gasteiger partial charge is 0.234 e. The van der Waals surface area contributed by atoms with Crippen LogP contribution in [0, 0.1) is 5.95 Å². The lowest BCUT2D eigenvalue weighted by Crippen LogP contribution is -1.99. The summed E-state index contributed by atoms with van der Waals surface area (Å²) in [6.07, 6.45) is 2.16. The van der Waals surface area contributed by atoms with Gasteiger partial charge in [0.15, 0.2) is 10.8 Å². The van der Waals surface area contributed by atoms with Crippen LogP contribution in [0.15, 0.2) is 36.5 Å². The zero-order chi connectivity index (χ0) is 14.6. The van der Waals surface area contributed by atoms with E-state index in [1.165, 1.54) is 11.8 Å². The van der Waals surface area contributed by atoms with Gasteiger partial charge in [-0.2, -0.15) is 14.0 Å². The van der Waals surface area contributed by atoms with Crippen molar-refractivity contribution in [3.63, 3.8) is 0 Å². The Morgan fingerprint density at radius 1 is 1.14 bits per heavy atom. The van der Waals surface area contributed by atoms with Crippen LogP contribution in [0.3, 0.4) is 0 Å². The van der Waals surface area contributed by atoms with Crippen molar-refractivity contribution in [2.45, 2.75) is 18.3 Å². The van der Waals surface area contributed by atoms with Crippen LogP contribution < -0.4 is 0 Å². The minimum atomic E-state index is -0.502. The summed E-state index contributed by atoms with van der Waals surface area (Å²) >= 11 is 11.9. The van der Waals surface area contributed by atoms with Crippen molar-refractivity contribution in [2.24, 2.45) is 0 Å². The number of hydrogen-bond acceptors (Lipinski definition) is 2. The second-order valence-corrected chi connectivity index (χ2v) is 6.06. The van der Waals surface area contributed by atoms with E-state index >= 15 is 0 Å².